The van der Waals surface area contributed by atoms with Gasteiger partial charge in [0.2, 0.25) is 0 Å². The molecule has 5 nitrogen and oxygen atoms in total. The second-order valence-electron chi connectivity index (χ2n) is 7.77. The van der Waals surface area contributed by atoms with Gasteiger partial charge in [-0.2, -0.15) is 0 Å². The first-order valence-corrected chi connectivity index (χ1v) is 10.9. The maximum absolute atomic E-state index is 6.12. The highest BCUT2D eigenvalue weighted by molar-refractivity contribution is 7.09. The van der Waals surface area contributed by atoms with Crippen molar-refractivity contribution in [3.63, 3.8) is 0 Å². The molecule has 0 atom stereocenters. The summed E-state index contributed by atoms with van der Waals surface area (Å²) in [5, 5.41) is 6.60. The molecule has 6 heteroatoms. The topological polar surface area (TPSA) is 66.5 Å². The quantitative estimate of drug-likeness (QED) is 0.612. The van der Waals surface area contributed by atoms with Crippen LogP contribution in [-0.4, -0.2) is 35.5 Å². The minimum Gasteiger partial charge on any atom is -0.370 e. The number of piperidine rings is 1. The number of aliphatic imine (C=N–C) groups is 1. The lowest BCUT2D eigenvalue weighted by Gasteiger charge is -2.30. The molecule has 1 aliphatic heterocycles. The van der Waals surface area contributed by atoms with Gasteiger partial charge in [0, 0.05) is 24.2 Å². The van der Waals surface area contributed by atoms with Crippen LogP contribution in [0.2, 0.25) is 0 Å². The fourth-order valence-electron chi connectivity index (χ4n) is 4.10. The van der Waals surface area contributed by atoms with Crippen molar-refractivity contribution in [1.29, 1.82) is 0 Å². The molecule has 1 aromatic heterocycles. The van der Waals surface area contributed by atoms with Gasteiger partial charge in [-0.3, -0.25) is 9.89 Å². The molecule has 27 heavy (non-hydrogen) atoms. The number of rotatable bonds is 5. The maximum atomic E-state index is 6.12. The van der Waals surface area contributed by atoms with E-state index in [1.165, 1.54) is 48.9 Å². The zero-order valence-electron chi connectivity index (χ0n) is 16.1. The third kappa shape index (κ3) is 4.87. The van der Waals surface area contributed by atoms with Gasteiger partial charge in [0.1, 0.15) is 0 Å². The molecule has 0 amide bonds. The number of benzene rings is 1. The minimum atomic E-state index is 0.535. The van der Waals surface area contributed by atoms with Crippen molar-refractivity contribution < 1.29 is 0 Å². The Morgan fingerprint density at radius 1 is 1.30 bits per heavy atom. The minimum absolute atomic E-state index is 0.535. The van der Waals surface area contributed by atoms with E-state index >= 15 is 0 Å². The monoisotopic (exact) mass is 383 g/mol. The third-order valence-electron chi connectivity index (χ3n) is 5.65. The third-order valence-corrected chi connectivity index (χ3v) is 6.47. The lowest BCUT2D eigenvalue weighted by atomic mass is 9.97. The zero-order valence-corrected chi connectivity index (χ0v) is 16.9. The average Bonchev–Trinajstić information content (AvgIpc) is 3.29. The van der Waals surface area contributed by atoms with Crippen LogP contribution in [0.4, 0.5) is 5.69 Å². The Bertz CT molecular complexity index is 805. The second-order valence-corrected chi connectivity index (χ2v) is 8.83. The molecule has 2 aliphatic rings. The number of nitrogens with one attached hydrogen (secondary N) is 1. The summed E-state index contributed by atoms with van der Waals surface area (Å²) in [6.07, 6.45) is 6.02. The summed E-state index contributed by atoms with van der Waals surface area (Å²) in [4.78, 5) is 11.7. The fourth-order valence-corrected chi connectivity index (χ4v) is 4.71. The van der Waals surface area contributed by atoms with E-state index in [9.17, 15) is 0 Å². The van der Waals surface area contributed by atoms with Gasteiger partial charge in [-0.15, -0.1) is 11.3 Å². The Labute approximate surface area is 165 Å². The molecule has 0 saturated carbocycles. The zero-order chi connectivity index (χ0) is 18.6. The van der Waals surface area contributed by atoms with Crippen LogP contribution >= 0.6 is 11.3 Å². The van der Waals surface area contributed by atoms with Crippen LogP contribution in [0.15, 0.2) is 28.6 Å². The Morgan fingerprint density at radius 2 is 2.11 bits per heavy atom. The van der Waals surface area contributed by atoms with E-state index in [0.29, 0.717) is 11.9 Å². The largest absolute Gasteiger partial charge is 0.370 e. The van der Waals surface area contributed by atoms with Crippen LogP contribution in [0, 0.1) is 12.8 Å². The maximum Gasteiger partial charge on any atom is 0.193 e. The molecule has 2 heterocycles. The lowest BCUT2D eigenvalue weighted by Crippen LogP contribution is -2.34. The molecule has 2 aromatic rings. The van der Waals surface area contributed by atoms with Crippen molar-refractivity contribution in [3.05, 3.63) is 45.4 Å². The first-order valence-electron chi connectivity index (χ1n) is 9.98. The smallest absolute Gasteiger partial charge is 0.193 e. The molecular weight excluding hydrogens is 354 g/mol. The summed E-state index contributed by atoms with van der Waals surface area (Å²) in [6, 6.07) is 6.56. The van der Waals surface area contributed by atoms with E-state index in [0.717, 1.165) is 36.9 Å². The SMILES string of the molecule is Cc1nc(CN2CCC(CN=C(N)Nc3ccc4c(c3)CCC4)CC2)cs1. The molecule has 0 bridgehead atoms. The Morgan fingerprint density at radius 3 is 2.89 bits per heavy atom. The molecule has 1 saturated heterocycles. The number of hydrogen-bond acceptors (Lipinski definition) is 4. The highest BCUT2D eigenvalue weighted by Gasteiger charge is 2.19. The number of thiazole rings is 1. The predicted octanol–water partition coefficient (Wildman–Crippen LogP) is 3.58. The van der Waals surface area contributed by atoms with Crippen molar-refractivity contribution in [2.75, 3.05) is 25.0 Å². The summed E-state index contributed by atoms with van der Waals surface area (Å²) in [5.41, 5.74) is 11.3. The van der Waals surface area contributed by atoms with E-state index in [4.69, 9.17) is 5.73 Å². The summed E-state index contributed by atoms with van der Waals surface area (Å²) < 4.78 is 0. The number of nitrogens with two attached hydrogens (primary N) is 1. The predicted molar refractivity (Wildman–Crippen MR) is 113 cm³/mol. The Kier molecular flexibility index (Phi) is 5.74. The van der Waals surface area contributed by atoms with Gasteiger partial charge in [-0.05, 0) is 81.3 Å². The normalized spacial score (nSPS) is 18.6. The standard InChI is InChI=1S/C21H29N5S/c1-15-24-20(14-27-15)13-26-9-7-16(8-10-26)12-23-21(22)25-19-6-5-17-3-2-4-18(17)11-19/h5-6,11,14,16H,2-4,7-10,12-13H2,1H3,(H3,22,23,25). The molecule has 1 aliphatic carbocycles. The highest BCUT2D eigenvalue weighted by atomic mass is 32.1. The number of nitrogens with zero attached hydrogens (tertiary/aromatic N) is 3. The van der Waals surface area contributed by atoms with Crippen molar-refractivity contribution in [2.24, 2.45) is 16.6 Å². The lowest BCUT2D eigenvalue weighted by molar-refractivity contribution is 0.179. The van der Waals surface area contributed by atoms with Gasteiger partial charge in [-0.25, -0.2) is 4.98 Å². The fraction of sp³-hybridized carbons (Fsp3) is 0.524. The van der Waals surface area contributed by atoms with Crippen LogP contribution in [0.3, 0.4) is 0 Å². The highest BCUT2D eigenvalue weighted by Crippen LogP contribution is 2.25. The molecule has 0 unspecified atom stereocenters. The number of aryl methyl sites for hydroxylation is 3. The average molecular weight is 384 g/mol. The van der Waals surface area contributed by atoms with Crippen molar-refractivity contribution in [2.45, 2.75) is 45.6 Å². The Balaban J connectivity index is 1.23. The summed E-state index contributed by atoms with van der Waals surface area (Å²) in [7, 11) is 0. The van der Waals surface area contributed by atoms with Gasteiger partial charge < -0.3 is 11.1 Å². The molecule has 1 fully saturated rings. The molecule has 0 spiro atoms. The van der Waals surface area contributed by atoms with E-state index < -0.39 is 0 Å². The van der Waals surface area contributed by atoms with Crippen molar-refractivity contribution >= 4 is 23.0 Å². The number of anilines is 1. The van der Waals surface area contributed by atoms with E-state index in [1.807, 2.05) is 0 Å². The molecule has 0 radical (unpaired) electrons. The second kappa shape index (κ2) is 8.40. The molecule has 144 valence electrons. The van der Waals surface area contributed by atoms with Crippen LogP contribution < -0.4 is 11.1 Å². The van der Waals surface area contributed by atoms with Crippen LogP contribution in [0.5, 0.6) is 0 Å². The number of guanidine groups is 1. The van der Waals surface area contributed by atoms with Crippen LogP contribution in [-0.2, 0) is 19.4 Å². The van der Waals surface area contributed by atoms with E-state index in [2.05, 4.69) is 50.7 Å². The van der Waals surface area contributed by atoms with Crippen LogP contribution in [0.1, 0.15) is 41.1 Å². The molecule has 1 aromatic carbocycles. The number of likely N-dealkylation sites (tertiary alicyclic amines) is 1. The van der Waals surface area contributed by atoms with E-state index in [1.54, 1.807) is 11.3 Å². The summed E-state index contributed by atoms with van der Waals surface area (Å²) >= 11 is 1.74. The summed E-state index contributed by atoms with van der Waals surface area (Å²) in [6.45, 7) is 6.10. The first kappa shape index (κ1) is 18.4. The van der Waals surface area contributed by atoms with Crippen molar-refractivity contribution in [3.8, 4) is 0 Å². The molecule has 4 rings (SSSR count). The summed E-state index contributed by atoms with van der Waals surface area (Å²) in [5.74, 6) is 1.16. The van der Waals surface area contributed by atoms with Gasteiger partial charge in [0.25, 0.3) is 0 Å². The van der Waals surface area contributed by atoms with Crippen molar-refractivity contribution in [1.82, 2.24) is 9.88 Å². The Hall–Kier alpha value is -1.92. The molecular formula is C21H29N5S. The molecule has 3 N–H and O–H groups in total. The van der Waals surface area contributed by atoms with Gasteiger partial charge in [0.15, 0.2) is 5.96 Å². The van der Waals surface area contributed by atoms with Gasteiger partial charge in [-0.1, -0.05) is 6.07 Å². The number of hydrogen-bond donors (Lipinski definition) is 2. The number of aromatic nitrogens is 1. The van der Waals surface area contributed by atoms with E-state index in [-0.39, 0.29) is 0 Å². The van der Waals surface area contributed by atoms with Gasteiger partial charge >= 0.3 is 0 Å². The number of fused-ring (bicyclic) bond motifs is 1. The van der Waals surface area contributed by atoms with Crippen LogP contribution in [0.25, 0.3) is 0 Å². The van der Waals surface area contributed by atoms with Gasteiger partial charge in [0.05, 0.1) is 10.7 Å². The first-order chi connectivity index (χ1) is 13.2.